The van der Waals surface area contributed by atoms with Crippen LogP contribution in [-0.2, 0) is 17.8 Å². The second kappa shape index (κ2) is 9.63. The Bertz CT molecular complexity index is 1870. The number of allylic oxidation sites excluding steroid dienone is 1. The number of amides is 1. The highest BCUT2D eigenvalue weighted by Gasteiger charge is 2.22. The van der Waals surface area contributed by atoms with Gasteiger partial charge in [0.2, 0.25) is 0 Å². The van der Waals surface area contributed by atoms with Crippen molar-refractivity contribution in [3.05, 3.63) is 95.5 Å². The fourth-order valence-corrected chi connectivity index (χ4v) is 5.23. The summed E-state index contributed by atoms with van der Waals surface area (Å²) in [5.74, 6) is 0.421. The van der Waals surface area contributed by atoms with Crippen LogP contribution in [0, 0.1) is 0 Å². The van der Waals surface area contributed by atoms with Crippen LogP contribution in [0.4, 0.5) is 0 Å². The van der Waals surface area contributed by atoms with Crippen LogP contribution in [0.5, 0.6) is 5.75 Å². The van der Waals surface area contributed by atoms with E-state index in [4.69, 9.17) is 4.74 Å². The first kappa shape index (κ1) is 23.7. The lowest BCUT2D eigenvalue weighted by Crippen LogP contribution is -2.30. The number of fused-ring (bicyclic) bond motifs is 5. The molecule has 6 rings (SSSR count). The number of aryl methyl sites for hydroxylation is 1. The molecule has 4 heterocycles. The molecule has 0 aliphatic heterocycles. The molecule has 0 spiro atoms. The van der Waals surface area contributed by atoms with Gasteiger partial charge in [-0.05, 0) is 44.0 Å². The van der Waals surface area contributed by atoms with E-state index in [1.807, 2.05) is 60.2 Å². The van der Waals surface area contributed by atoms with Crippen LogP contribution >= 0.6 is 0 Å². The number of imidazole rings is 1. The zero-order valence-corrected chi connectivity index (χ0v) is 21.1. The monoisotopic (exact) mass is 505 g/mol. The van der Waals surface area contributed by atoms with Gasteiger partial charge in [0.25, 0.3) is 11.5 Å². The Morgan fingerprint density at radius 1 is 1.08 bits per heavy atom. The number of benzene rings is 2. The standard InChI is InChI=1S/C30H27N5O3/c1-19(2)16-23-25(38-17-26(36)32-11-5-14-34-15-13-31-18-34)9-8-24-27(23)22-10-12-33-28-20-6-3-4-7-21(20)30(37)35(24)29(22)28/h3-4,6-10,12-13,15,18H,1,5,11,14,16-17H2,2H3,(H,32,36). The maximum Gasteiger partial charge on any atom is 0.263 e. The van der Waals surface area contributed by atoms with Gasteiger partial charge in [0.15, 0.2) is 6.61 Å². The largest absolute Gasteiger partial charge is 0.483 e. The lowest BCUT2D eigenvalue weighted by molar-refractivity contribution is -0.123. The minimum absolute atomic E-state index is 0.0777. The molecule has 6 aromatic rings. The second-order valence-corrected chi connectivity index (χ2v) is 9.60. The Balaban J connectivity index is 1.37. The molecule has 0 atom stereocenters. The smallest absolute Gasteiger partial charge is 0.263 e. The third-order valence-electron chi connectivity index (χ3n) is 6.83. The predicted octanol–water partition coefficient (Wildman–Crippen LogP) is 4.49. The number of pyridine rings is 2. The average molecular weight is 506 g/mol. The summed E-state index contributed by atoms with van der Waals surface area (Å²) in [5.41, 5.74) is 4.15. The van der Waals surface area contributed by atoms with Gasteiger partial charge in [-0.25, -0.2) is 4.98 Å². The van der Waals surface area contributed by atoms with Crippen LogP contribution in [0.25, 0.3) is 38.1 Å². The highest BCUT2D eigenvalue weighted by Crippen LogP contribution is 2.38. The predicted molar refractivity (Wildman–Crippen MR) is 149 cm³/mol. The lowest BCUT2D eigenvalue weighted by atomic mass is 9.99. The fourth-order valence-electron chi connectivity index (χ4n) is 5.23. The van der Waals surface area contributed by atoms with Crippen LogP contribution in [0.15, 0.2) is 84.3 Å². The fraction of sp³-hybridized carbons (Fsp3) is 0.200. The Kier molecular flexibility index (Phi) is 5.99. The van der Waals surface area contributed by atoms with Crippen molar-refractivity contribution in [1.29, 1.82) is 0 Å². The topological polar surface area (TPSA) is 90.5 Å². The van der Waals surface area contributed by atoms with Gasteiger partial charge >= 0.3 is 0 Å². The number of ether oxygens (including phenoxy) is 1. The molecule has 0 aliphatic rings. The first-order chi connectivity index (χ1) is 18.5. The Morgan fingerprint density at radius 3 is 2.71 bits per heavy atom. The zero-order valence-electron chi connectivity index (χ0n) is 21.1. The number of carbonyl (C=O) groups excluding carboxylic acids is 1. The van der Waals surface area contributed by atoms with Crippen molar-refractivity contribution in [3.8, 4) is 5.75 Å². The van der Waals surface area contributed by atoms with Gasteiger partial charge in [0.1, 0.15) is 5.75 Å². The average Bonchev–Trinajstić information content (AvgIpc) is 3.56. The number of hydrogen-bond acceptors (Lipinski definition) is 5. The summed E-state index contributed by atoms with van der Waals surface area (Å²) in [4.78, 5) is 34.8. The number of hydrogen-bond donors (Lipinski definition) is 1. The molecule has 190 valence electrons. The zero-order chi connectivity index (χ0) is 26.2. The first-order valence-electron chi connectivity index (χ1n) is 12.6. The third kappa shape index (κ3) is 4.04. The van der Waals surface area contributed by atoms with E-state index in [0.29, 0.717) is 24.1 Å². The minimum atomic E-state index is -0.186. The van der Waals surface area contributed by atoms with E-state index < -0.39 is 0 Å². The molecule has 38 heavy (non-hydrogen) atoms. The highest BCUT2D eigenvalue weighted by atomic mass is 16.5. The number of carbonyl (C=O) groups is 1. The quantitative estimate of drug-likeness (QED) is 0.178. The summed E-state index contributed by atoms with van der Waals surface area (Å²) in [6.07, 6.45) is 8.52. The molecule has 1 amide bonds. The Labute approximate surface area is 218 Å². The maximum absolute atomic E-state index is 13.6. The molecule has 0 saturated carbocycles. The van der Waals surface area contributed by atoms with Gasteiger partial charge in [0, 0.05) is 58.8 Å². The number of nitrogens with one attached hydrogen (secondary N) is 1. The highest BCUT2D eigenvalue weighted by molar-refractivity contribution is 6.19. The number of rotatable bonds is 9. The van der Waals surface area contributed by atoms with Crippen molar-refractivity contribution >= 4 is 44.0 Å². The number of aromatic nitrogens is 4. The molecule has 0 aliphatic carbocycles. The molecular weight excluding hydrogens is 478 g/mol. The van der Waals surface area contributed by atoms with Crippen LogP contribution in [-0.4, -0.2) is 38.0 Å². The normalized spacial score (nSPS) is 11.6. The van der Waals surface area contributed by atoms with Crippen molar-refractivity contribution in [3.63, 3.8) is 0 Å². The number of nitrogens with zero attached hydrogens (tertiary/aromatic N) is 4. The molecule has 2 aromatic carbocycles. The van der Waals surface area contributed by atoms with Crippen LogP contribution in [0.2, 0.25) is 0 Å². The molecule has 0 fully saturated rings. The van der Waals surface area contributed by atoms with E-state index in [1.54, 1.807) is 23.1 Å². The van der Waals surface area contributed by atoms with E-state index in [0.717, 1.165) is 56.8 Å². The van der Waals surface area contributed by atoms with E-state index in [-0.39, 0.29) is 18.1 Å². The minimum Gasteiger partial charge on any atom is -0.483 e. The molecule has 4 aromatic heterocycles. The molecule has 0 unspecified atom stereocenters. The van der Waals surface area contributed by atoms with Gasteiger partial charge in [0.05, 0.1) is 22.9 Å². The van der Waals surface area contributed by atoms with Crippen LogP contribution in [0.3, 0.4) is 0 Å². The van der Waals surface area contributed by atoms with Crippen LogP contribution in [0.1, 0.15) is 18.9 Å². The van der Waals surface area contributed by atoms with Crippen molar-refractivity contribution in [2.24, 2.45) is 0 Å². The molecule has 0 saturated heterocycles. The molecule has 8 nitrogen and oxygen atoms in total. The van der Waals surface area contributed by atoms with E-state index in [9.17, 15) is 9.59 Å². The van der Waals surface area contributed by atoms with Gasteiger partial charge in [-0.3, -0.25) is 19.0 Å². The SMILES string of the molecule is C=C(C)Cc1c(OCC(=O)NCCCn2ccnc2)ccc2c1c1ccnc3c4ccccc4c(=O)n2c13. The summed E-state index contributed by atoms with van der Waals surface area (Å²) in [7, 11) is 0. The first-order valence-corrected chi connectivity index (χ1v) is 12.6. The summed E-state index contributed by atoms with van der Waals surface area (Å²) >= 11 is 0. The Morgan fingerprint density at radius 2 is 1.92 bits per heavy atom. The molecular formula is C30H27N5O3. The summed E-state index contributed by atoms with van der Waals surface area (Å²) in [5, 5.41) is 6.23. The second-order valence-electron chi connectivity index (χ2n) is 9.60. The van der Waals surface area contributed by atoms with Gasteiger partial charge in [-0.15, -0.1) is 0 Å². The van der Waals surface area contributed by atoms with Crippen molar-refractivity contribution in [2.75, 3.05) is 13.2 Å². The van der Waals surface area contributed by atoms with Gasteiger partial charge in [-0.2, -0.15) is 0 Å². The lowest BCUT2D eigenvalue weighted by Gasteiger charge is -2.14. The summed E-state index contributed by atoms with van der Waals surface area (Å²) in [6, 6.07) is 13.3. The maximum atomic E-state index is 13.6. The van der Waals surface area contributed by atoms with Crippen LogP contribution < -0.4 is 15.6 Å². The van der Waals surface area contributed by atoms with Crippen molar-refractivity contribution in [1.82, 2.24) is 24.3 Å². The van der Waals surface area contributed by atoms with E-state index in [1.165, 1.54) is 0 Å². The van der Waals surface area contributed by atoms with Crippen molar-refractivity contribution in [2.45, 2.75) is 26.3 Å². The summed E-state index contributed by atoms with van der Waals surface area (Å²) in [6.45, 7) is 7.31. The Hall–Kier alpha value is -4.72. The third-order valence-corrected chi connectivity index (χ3v) is 6.83. The van der Waals surface area contributed by atoms with E-state index >= 15 is 0 Å². The molecule has 1 N–H and O–H groups in total. The molecule has 0 bridgehead atoms. The van der Waals surface area contributed by atoms with Crippen molar-refractivity contribution < 1.29 is 9.53 Å². The molecule has 8 heteroatoms. The van der Waals surface area contributed by atoms with Gasteiger partial charge < -0.3 is 14.6 Å². The van der Waals surface area contributed by atoms with Gasteiger partial charge in [-0.1, -0.05) is 30.4 Å². The summed E-state index contributed by atoms with van der Waals surface area (Å²) < 4.78 is 9.79. The molecule has 0 radical (unpaired) electrons. The van der Waals surface area contributed by atoms with E-state index in [2.05, 4.69) is 21.9 Å².